The first-order valence-corrected chi connectivity index (χ1v) is 9.40. The molecular weight excluding hydrogens is 377 g/mol. The molecule has 0 aromatic heterocycles. The lowest BCUT2D eigenvalue weighted by Crippen LogP contribution is -2.40. The minimum atomic E-state index is -1.49. The van der Waals surface area contributed by atoms with Gasteiger partial charge in [-0.1, -0.05) is 18.6 Å². The molecule has 0 unspecified atom stereocenters. The van der Waals surface area contributed by atoms with Gasteiger partial charge in [0.25, 0.3) is 0 Å². The molecular formula is C22H27F3N4. The van der Waals surface area contributed by atoms with Crippen molar-refractivity contribution in [3.8, 4) is 0 Å². The summed E-state index contributed by atoms with van der Waals surface area (Å²) in [6.45, 7) is 10.2. The van der Waals surface area contributed by atoms with Crippen LogP contribution in [-0.4, -0.2) is 17.4 Å². The quantitative estimate of drug-likeness (QED) is 0.387. The molecule has 3 N–H and O–H groups in total. The molecule has 2 rings (SSSR count). The van der Waals surface area contributed by atoms with Crippen LogP contribution in [0.3, 0.4) is 0 Å². The molecule has 0 bridgehead atoms. The largest absolute Gasteiger partial charge is 0.399 e. The zero-order chi connectivity index (χ0) is 21.6. The second-order valence-corrected chi connectivity index (χ2v) is 7.00. The molecule has 1 aliphatic rings. The second kappa shape index (κ2) is 10.0. The lowest BCUT2D eigenvalue weighted by Gasteiger charge is -2.28. The fourth-order valence-electron chi connectivity index (χ4n) is 2.80. The zero-order valence-corrected chi connectivity index (χ0v) is 17.0. The third-order valence-corrected chi connectivity index (χ3v) is 4.50. The molecule has 29 heavy (non-hydrogen) atoms. The van der Waals surface area contributed by atoms with E-state index in [0.717, 1.165) is 41.8 Å². The van der Waals surface area contributed by atoms with Gasteiger partial charge in [0.05, 0.1) is 13.1 Å². The zero-order valence-electron chi connectivity index (χ0n) is 17.0. The van der Waals surface area contributed by atoms with Crippen molar-refractivity contribution in [2.24, 2.45) is 10.7 Å². The highest BCUT2D eigenvalue weighted by Gasteiger charge is 2.18. The molecule has 0 saturated heterocycles. The van der Waals surface area contributed by atoms with Crippen LogP contribution in [0.2, 0.25) is 0 Å². The summed E-state index contributed by atoms with van der Waals surface area (Å²) in [6, 6.07) is 1.94. The van der Waals surface area contributed by atoms with E-state index in [4.69, 9.17) is 5.73 Å². The summed E-state index contributed by atoms with van der Waals surface area (Å²) in [5.74, 6) is -3.45. The monoisotopic (exact) mass is 404 g/mol. The molecule has 0 aliphatic carbocycles. The Balaban J connectivity index is 2.32. The second-order valence-electron chi connectivity index (χ2n) is 7.00. The maximum absolute atomic E-state index is 13.6. The van der Waals surface area contributed by atoms with Gasteiger partial charge in [-0.2, -0.15) is 0 Å². The maximum Gasteiger partial charge on any atom is 0.203 e. The number of hydrogen-bond donors (Lipinski definition) is 2. The van der Waals surface area contributed by atoms with Gasteiger partial charge in [-0.3, -0.25) is 0 Å². The molecule has 1 aliphatic heterocycles. The van der Waals surface area contributed by atoms with E-state index < -0.39 is 17.5 Å². The van der Waals surface area contributed by atoms with E-state index in [1.54, 1.807) is 11.1 Å². The molecule has 1 aromatic carbocycles. The molecule has 0 radical (unpaired) electrons. The van der Waals surface area contributed by atoms with Gasteiger partial charge in [0.2, 0.25) is 5.96 Å². The van der Waals surface area contributed by atoms with Crippen molar-refractivity contribution in [2.45, 2.75) is 40.2 Å². The van der Waals surface area contributed by atoms with Crippen molar-refractivity contribution in [2.75, 3.05) is 6.54 Å². The first kappa shape index (κ1) is 22.3. The van der Waals surface area contributed by atoms with Gasteiger partial charge in [-0.25, -0.2) is 18.2 Å². The van der Waals surface area contributed by atoms with E-state index in [1.807, 2.05) is 26.0 Å². The molecule has 0 spiro atoms. The normalized spacial score (nSPS) is 15.5. The molecule has 7 heteroatoms. The van der Waals surface area contributed by atoms with Gasteiger partial charge in [-0.05, 0) is 56.0 Å². The Kier molecular flexibility index (Phi) is 7.70. The number of rotatable bonds is 7. The van der Waals surface area contributed by atoms with Crippen LogP contribution in [0, 0.1) is 17.5 Å². The molecule has 0 fully saturated rings. The van der Waals surface area contributed by atoms with E-state index >= 15 is 0 Å². The summed E-state index contributed by atoms with van der Waals surface area (Å²) in [5.41, 5.74) is 9.81. The number of halogens is 3. The predicted octanol–water partition coefficient (Wildman–Crippen LogP) is 4.87. The molecule has 156 valence electrons. The molecule has 4 nitrogen and oxygen atoms in total. The van der Waals surface area contributed by atoms with E-state index in [0.29, 0.717) is 18.2 Å². The lowest BCUT2D eigenvalue weighted by molar-refractivity contribution is 0.439. The maximum atomic E-state index is 13.6. The average molecular weight is 404 g/mol. The number of nitrogens with zero attached hydrogens (tertiary/aromatic N) is 2. The molecule has 0 amide bonds. The lowest BCUT2D eigenvalue weighted by atomic mass is 10.1. The van der Waals surface area contributed by atoms with Crippen LogP contribution in [0.4, 0.5) is 13.2 Å². The van der Waals surface area contributed by atoms with E-state index in [2.05, 4.69) is 23.8 Å². The Morgan fingerprint density at radius 1 is 1.28 bits per heavy atom. The van der Waals surface area contributed by atoms with Crippen LogP contribution < -0.4 is 11.1 Å². The van der Waals surface area contributed by atoms with Crippen LogP contribution in [-0.2, 0) is 6.54 Å². The third-order valence-electron chi connectivity index (χ3n) is 4.50. The van der Waals surface area contributed by atoms with Crippen LogP contribution in [0.5, 0.6) is 0 Å². The van der Waals surface area contributed by atoms with Gasteiger partial charge in [0, 0.05) is 17.6 Å². The Labute approximate surface area is 170 Å². The van der Waals surface area contributed by atoms with Gasteiger partial charge in [-0.15, -0.1) is 6.58 Å². The highest BCUT2D eigenvalue weighted by atomic mass is 19.2. The summed E-state index contributed by atoms with van der Waals surface area (Å²) in [7, 11) is 0. The molecule has 0 atom stereocenters. The molecule has 1 aromatic rings. The number of nitrogens with one attached hydrogen (secondary N) is 1. The van der Waals surface area contributed by atoms with Crippen LogP contribution in [0.15, 0.2) is 64.6 Å². The van der Waals surface area contributed by atoms with Gasteiger partial charge in [0.1, 0.15) is 0 Å². The third kappa shape index (κ3) is 6.01. The van der Waals surface area contributed by atoms with Crippen LogP contribution >= 0.6 is 0 Å². The fourth-order valence-corrected chi connectivity index (χ4v) is 2.80. The van der Waals surface area contributed by atoms with Gasteiger partial charge in [0.15, 0.2) is 17.5 Å². The Morgan fingerprint density at radius 2 is 1.93 bits per heavy atom. The Hall–Kier alpha value is -2.96. The number of allylic oxidation sites excluding steroid dienone is 4. The number of hydrogen-bond acceptors (Lipinski definition) is 4. The summed E-state index contributed by atoms with van der Waals surface area (Å²) >= 11 is 0. The summed E-state index contributed by atoms with van der Waals surface area (Å²) in [4.78, 5) is 6.11. The van der Waals surface area contributed by atoms with E-state index in [9.17, 15) is 13.2 Å². The van der Waals surface area contributed by atoms with Crippen molar-refractivity contribution in [3.05, 3.63) is 82.6 Å². The minimum absolute atomic E-state index is 0.0778. The number of nitrogens with two attached hydrogens (primary N) is 1. The van der Waals surface area contributed by atoms with Gasteiger partial charge >= 0.3 is 0 Å². The predicted molar refractivity (Wildman–Crippen MR) is 111 cm³/mol. The van der Waals surface area contributed by atoms with Crippen molar-refractivity contribution >= 4 is 5.96 Å². The SMILES string of the molecule is C=CC/C(C)=C\C(NC1=NCC(N)=CN1Cc1cc(F)c(F)c(F)c1)=C(\C)CC. The standard InChI is InChI=1S/C22H27F3N4/c1-5-7-14(3)8-20(15(4)6-2)28-22-27-11-17(26)13-29(22)12-16-9-18(23)21(25)19(24)10-16/h5,8-10,13H,1,6-7,11-12,26H2,2-4H3,(H,27,28)/b14-8-,20-15+. The number of guanidine groups is 1. The molecule has 1 heterocycles. The van der Waals surface area contributed by atoms with Crippen molar-refractivity contribution < 1.29 is 13.2 Å². The number of benzene rings is 1. The Morgan fingerprint density at radius 3 is 2.52 bits per heavy atom. The fraction of sp³-hybridized carbons (Fsp3) is 0.318. The van der Waals surface area contributed by atoms with Gasteiger partial charge < -0.3 is 16.0 Å². The van der Waals surface area contributed by atoms with Crippen molar-refractivity contribution in [3.63, 3.8) is 0 Å². The van der Waals surface area contributed by atoms with Crippen molar-refractivity contribution in [1.82, 2.24) is 10.2 Å². The van der Waals surface area contributed by atoms with E-state index in [1.165, 1.54) is 0 Å². The highest BCUT2D eigenvalue weighted by Crippen LogP contribution is 2.18. The summed E-state index contributed by atoms with van der Waals surface area (Å²) in [5, 5.41) is 3.31. The smallest absolute Gasteiger partial charge is 0.203 e. The van der Waals surface area contributed by atoms with Crippen LogP contribution in [0.25, 0.3) is 0 Å². The Bertz CT molecular complexity index is 874. The first-order chi connectivity index (χ1) is 13.7. The van der Waals surface area contributed by atoms with Crippen LogP contribution in [0.1, 0.15) is 39.2 Å². The van der Waals surface area contributed by atoms with E-state index in [-0.39, 0.29) is 12.1 Å². The number of aliphatic imine (C=N–C) groups is 1. The topological polar surface area (TPSA) is 53.6 Å². The summed E-state index contributed by atoms with van der Waals surface area (Å²) in [6.07, 6.45) is 7.10. The minimum Gasteiger partial charge on any atom is -0.399 e. The van der Waals surface area contributed by atoms with Crippen molar-refractivity contribution in [1.29, 1.82) is 0 Å². The molecule has 0 saturated carbocycles. The average Bonchev–Trinajstić information content (AvgIpc) is 2.67. The summed E-state index contributed by atoms with van der Waals surface area (Å²) < 4.78 is 40.5. The highest BCUT2D eigenvalue weighted by molar-refractivity contribution is 5.84. The first-order valence-electron chi connectivity index (χ1n) is 9.40.